The van der Waals surface area contributed by atoms with Crippen molar-refractivity contribution in [3.63, 3.8) is 0 Å². The average Bonchev–Trinajstić information content (AvgIpc) is 2.88. The van der Waals surface area contributed by atoms with E-state index in [9.17, 15) is 0 Å². The molecule has 0 bridgehead atoms. The molecular weight excluding hydrogens is 230 g/mol. The van der Waals surface area contributed by atoms with Crippen LogP contribution in [0.25, 0.3) is 11.5 Å². The van der Waals surface area contributed by atoms with Crippen LogP contribution < -0.4 is 5.32 Å². The molecule has 2 heterocycles. The maximum atomic E-state index is 5.56. The van der Waals surface area contributed by atoms with Gasteiger partial charge in [-0.25, -0.2) is 0 Å². The molecule has 0 spiro atoms. The minimum absolute atomic E-state index is 0.501. The molecule has 1 N–H and O–H groups in total. The van der Waals surface area contributed by atoms with Gasteiger partial charge in [0.1, 0.15) is 0 Å². The van der Waals surface area contributed by atoms with Crippen LogP contribution in [0.2, 0.25) is 0 Å². The molecule has 0 amide bonds. The summed E-state index contributed by atoms with van der Waals surface area (Å²) < 4.78 is 5.56. The topological polar surface area (TPSA) is 76.7 Å². The van der Waals surface area contributed by atoms with Gasteiger partial charge in [-0.3, -0.25) is 0 Å². The summed E-state index contributed by atoms with van der Waals surface area (Å²) in [6, 6.07) is 1.80. The maximum absolute atomic E-state index is 5.56. The second-order valence-corrected chi connectivity index (χ2v) is 3.99. The van der Waals surface area contributed by atoms with Gasteiger partial charge in [-0.05, 0) is 32.0 Å². The van der Waals surface area contributed by atoms with E-state index in [1.807, 2.05) is 0 Å². The van der Waals surface area contributed by atoms with Crippen LogP contribution in [-0.2, 0) is 6.42 Å². The standard InChI is InChI=1S/C12H17N5O/c1-2-6-13-7-3-4-11-16-17-12(18-11)10-5-8-14-15-9-10/h5,8-9,13H,2-4,6-7H2,1H3. The van der Waals surface area contributed by atoms with Gasteiger partial charge in [0.25, 0.3) is 0 Å². The first-order valence-electron chi connectivity index (χ1n) is 6.20. The lowest BCUT2D eigenvalue weighted by Crippen LogP contribution is -2.16. The van der Waals surface area contributed by atoms with Gasteiger partial charge in [-0.15, -0.1) is 10.2 Å². The van der Waals surface area contributed by atoms with Gasteiger partial charge in [-0.2, -0.15) is 10.2 Å². The summed E-state index contributed by atoms with van der Waals surface area (Å²) in [6.45, 7) is 4.18. The van der Waals surface area contributed by atoms with E-state index in [1.54, 1.807) is 18.5 Å². The summed E-state index contributed by atoms with van der Waals surface area (Å²) in [5.74, 6) is 1.17. The van der Waals surface area contributed by atoms with E-state index in [2.05, 4.69) is 32.6 Å². The summed E-state index contributed by atoms with van der Waals surface area (Å²) >= 11 is 0. The summed E-state index contributed by atoms with van der Waals surface area (Å²) in [5, 5.41) is 18.8. The first-order chi connectivity index (χ1) is 8.90. The maximum Gasteiger partial charge on any atom is 0.249 e. The molecular formula is C12H17N5O. The Labute approximate surface area is 106 Å². The number of hydrogen-bond acceptors (Lipinski definition) is 6. The van der Waals surface area contributed by atoms with Crippen molar-refractivity contribution in [1.29, 1.82) is 0 Å². The Bertz CT molecular complexity index is 457. The molecule has 18 heavy (non-hydrogen) atoms. The zero-order valence-corrected chi connectivity index (χ0v) is 10.5. The molecule has 0 radical (unpaired) electrons. The SMILES string of the molecule is CCCNCCCc1nnc(-c2ccnnc2)o1. The highest BCUT2D eigenvalue weighted by atomic mass is 16.4. The molecule has 2 aromatic heterocycles. The number of nitrogens with zero attached hydrogens (tertiary/aromatic N) is 4. The van der Waals surface area contributed by atoms with Crippen LogP contribution in [0.1, 0.15) is 25.7 Å². The molecule has 0 saturated heterocycles. The van der Waals surface area contributed by atoms with Crippen LogP contribution in [0.3, 0.4) is 0 Å². The van der Waals surface area contributed by atoms with Crippen molar-refractivity contribution in [1.82, 2.24) is 25.7 Å². The number of rotatable bonds is 7. The van der Waals surface area contributed by atoms with Crippen LogP contribution in [0.15, 0.2) is 22.9 Å². The Morgan fingerprint density at radius 1 is 1.22 bits per heavy atom. The Morgan fingerprint density at radius 2 is 2.17 bits per heavy atom. The third kappa shape index (κ3) is 3.59. The summed E-state index contributed by atoms with van der Waals surface area (Å²) in [4.78, 5) is 0. The fourth-order valence-electron chi connectivity index (χ4n) is 1.55. The van der Waals surface area contributed by atoms with Crippen LogP contribution in [-0.4, -0.2) is 33.5 Å². The molecule has 0 aliphatic carbocycles. The van der Waals surface area contributed by atoms with Crippen LogP contribution in [0.4, 0.5) is 0 Å². The number of nitrogens with one attached hydrogen (secondary N) is 1. The minimum Gasteiger partial charge on any atom is -0.421 e. The lowest BCUT2D eigenvalue weighted by Gasteiger charge is -1.99. The van der Waals surface area contributed by atoms with Crippen molar-refractivity contribution >= 4 is 0 Å². The van der Waals surface area contributed by atoms with Gasteiger partial charge >= 0.3 is 0 Å². The normalized spacial score (nSPS) is 10.7. The molecule has 0 unspecified atom stereocenters. The molecule has 0 atom stereocenters. The van der Waals surface area contributed by atoms with Gasteiger partial charge in [-0.1, -0.05) is 6.92 Å². The predicted molar refractivity (Wildman–Crippen MR) is 66.8 cm³/mol. The molecule has 96 valence electrons. The molecule has 2 aromatic rings. The van der Waals surface area contributed by atoms with Crippen molar-refractivity contribution < 1.29 is 4.42 Å². The van der Waals surface area contributed by atoms with E-state index >= 15 is 0 Å². The Morgan fingerprint density at radius 3 is 2.94 bits per heavy atom. The molecule has 6 nitrogen and oxygen atoms in total. The van der Waals surface area contributed by atoms with E-state index in [0.29, 0.717) is 11.8 Å². The van der Waals surface area contributed by atoms with E-state index in [4.69, 9.17) is 4.42 Å². The van der Waals surface area contributed by atoms with Crippen molar-refractivity contribution in [2.45, 2.75) is 26.2 Å². The molecule has 6 heteroatoms. The van der Waals surface area contributed by atoms with Gasteiger partial charge in [0.05, 0.1) is 18.0 Å². The monoisotopic (exact) mass is 247 g/mol. The van der Waals surface area contributed by atoms with Gasteiger partial charge < -0.3 is 9.73 Å². The smallest absolute Gasteiger partial charge is 0.249 e. The predicted octanol–water partition coefficient (Wildman–Crippen LogP) is 1.46. The van der Waals surface area contributed by atoms with E-state index in [0.717, 1.165) is 37.9 Å². The van der Waals surface area contributed by atoms with E-state index < -0.39 is 0 Å². The van der Waals surface area contributed by atoms with Crippen LogP contribution >= 0.6 is 0 Å². The van der Waals surface area contributed by atoms with Crippen LogP contribution in [0, 0.1) is 0 Å². The van der Waals surface area contributed by atoms with Crippen molar-refractivity contribution in [2.75, 3.05) is 13.1 Å². The summed E-state index contributed by atoms with van der Waals surface area (Å²) in [5.41, 5.74) is 0.799. The highest BCUT2D eigenvalue weighted by Gasteiger charge is 2.07. The van der Waals surface area contributed by atoms with Gasteiger partial charge in [0.2, 0.25) is 11.8 Å². The summed E-state index contributed by atoms with van der Waals surface area (Å²) in [6.07, 6.45) is 6.16. The fraction of sp³-hybridized carbons (Fsp3) is 0.500. The second-order valence-electron chi connectivity index (χ2n) is 3.99. The largest absolute Gasteiger partial charge is 0.421 e. The quantitative estimate of drug-likeness (QED) is 0.746. The highest BCUT2D eigenvalue weighted by Crippen LogP contribution is 2.15. The van der Waals surface area contributed by atoms with Gasteiger partial charge in [0.15, 0.2) is 0 Å². The second kappa shape index (κ2) is 6.80. The van der Waals surface area contributed by atoms with Crippen molar-refractivity contribution in [3.05, 3.63) is 24.4 Å². The molecule has 0 aromatic carbocycles. The van der Waals surface area contributed by atoms with Crippen LogP contribution in [0.5, 0.6) is 0 Å². The average molecular weight is 247 g/mol. The lowest BCUT2D eigenvalue weighted by atomic mass is 10.3. The van der Waals surface area contributed by atoms with Gasteiger partial charge in [0, 0.05) is 6.42 Å². The lowest BCUT2D eigenvalue weighted by molar-refractivity contribution is 0.491. The fourth-order valence-corrected chi connectivity index (χ4v) is 1.55. The number of aryl methyl sites for hydroxylation is 1. The Kier molecular flexibility index (Phi) is 4.78. The third-order valence-electron chi connectivity index (χ3n) is 2.47. The molecule has 0 aliphatic heterocycles. The highest BCUT2D eigenvalue weighted by molar-refractivity contribution is 5.49. The summed E-state index contributed by atoms with van der Waals surface area (Å²) in [7, 11) is 0. The zero-order chi connectivity index (χ0) is 12.6. The minimum atomic E-state index is 0.501. The van der Waals surface area contributed by atoms with E-state index in [1.165, 1.54) is 0 Å². The molecule has 0 saturated carbocycles. The molecule has 2 rings (SSSR count). The van der Waals surface area contributed by atoms with E-state index in [-0.39, 0.29) is 0 Å². The molecule has 0 fully saturated rings. The third-order valence-corrected chi connectivity index (χ3v) is 2.47. The van der Waals surface area contributed by atoms with Crippen molar-refractivity contribution in [3.8, 4) is 11.5 Å². The first-order valence-corrected chi connectivity index (χ1v) is 6.20. The Balaban J connectivity index is 1.83. The van der Waals surface area contributed by atoms with Crippen molar-refractivity contribution in [2.24, 2.45) is 0 Å². The number of hydrogen-bond donors (Lipinski definition) is 1. The first kappa shape index (κ1) is 12.6. The Hall–Kier alpha value is -1.82. The molecule has 0 aliphatic rings. The zero-order valence-electron chi connectivity index (χ0n) is 10.5. The number of aromatic nitrogens is 4.